The van der Waals surface area contributed by atoms with Crippen LogP contribution in [-0.2, 0) is 0 Å². The first kappa shape index (κ1) is 19.1. The molecule has 1 saturated heterocycles. The van der Waals surface area contributed by atoms with E-state index < -0.39 is 5.56 Å². The zero-order valence-electron chi connectivity index (χ0n) is 14.8. The second-order valence-electron chi connectivity index (χ2n) is 6.60. The Hall–Kier alpha value is -2.21. The Morgan fingerprint density at radius 2 is 1.79 bits per heavy atom. The van der Waals surface area contributed by atoms with Gasteiger partial charge in [0.1, 0.15) is 5.02 Å². The van der Waals surface area contributed by atoms with Gasteiger partial charge in [-0.15, -0.1) is 0 Å². The summed E-state index contributed by atoms with van der Waals surface area (Å²) in [5.41, 5.74) is 2.08. The lowest BCUT2D eigenvalue weighted by Gasteiger charge is -2.20. The topological polar surface area (TPSA) is 50.2 Å². The molecule has 1 atom stereocenters. The SMILES string of the molecule is O=c1c(Cl)c(Cl)cnn1-c1ccc(NC2CCN(c3ccccc3)C2)c(Cl)c1. The summed E-state index contributed by atoms with van der Waals surface area (Å²) in [7, 11) is 0. The number of hydrogen-bond acceptors (Lipinski definition) is 4. The Morgan fingerprint density at radius 3 is 2.54 bits per heavy atom. The minimum atomic E-state index is -0.486. The molecule has 1 fully saturated rings. The number of nitrogens with one attached hydrogen (secondary N) is 1. The largest absolute Gasteiger partial charge is 0.379 e. The summed E-state index contributed by atoms with van der Waals surface area (Å²) in [4.78, 5) is 14.6. The van der Waals surface area contributed by atoms with Crippen LogP contribution >= 0.6 is 34.8 Å². The van der Waals surface area contributed by atoms with Crippen molar-refractivity contribution in [2.24, 2.45) is 0 Å². The minimum absolute atomic E-state index is 0.0676. The van der Waals surface area contributed by atoms with E-state index in [2.05, 4.69) is 27.4 Å². The molecule has 0 amide bonds. The zero-order valence-corrected chi connectivity index (χ0v) is 17.0. The van der Waals surface area contributed by atoms with E-state index in [0.717, 1.165) is 25.2 Å². The van der Waals surface area contributed by atoms with Crippen LogP contribution in [0.1, 0.15) is 6.42 Å². The van der Waals surface area contributed by atoms with Gasteiger partial charge in [0.25, 0.3) is 5.56 Å². The van der Waals surface area contributed by atoms with E-state index in [4.69, 9.17) is 34.8 Å². The summed E-state index contributed by atoms with van der Waals surface area (Å²) in [6.45, 7) is 1.88. The van der Waals surface area contributed by atoms with Crippen molar-refractivity contribution >= 4 is 46.2 Å². The fourth-order valence-corrected chi connectivity index (χ4v) is 3.80. The number of para-hydroxylation sites is 1. The van der Waals surface area contributed by atoms with Crippen LogP contribution in [0.5, 0.6) is 0 Å². The molecule has 2 aromatic carbocycles. The molecule has 1 aliphatic heterocycles. The van der Waals surface area contributed by atoms with E-state index in [-0.39, 0.29) is 16.1 Å². The van der Waals surface area contributed by atoms with E-state index in [0.29, 0.717) is 10.7 Å². The van der Waals surface area contributed by atoms with Gasteiger partial charge >= 0.3 is 0 Å². The van der Waals surface area contributed by atoms with Gasteiger partial charge in [-0.25, -0.2) is 0 Å². The Labute approximate surface area is 177 Å². The summed E-state index contributed by atoms with van der Waals surface area (Å²) in [6, 6.07) is 15.9. The van der Waals surface area contributed by atoms with E-state index in [1.54, 1.807) is 12.1 Å². The molecule has 28 heavy (non-hydrogen) atoms. The third-order valence-electron chi connectivity index (χ3n) is 4.74. The predicted octanol–water partition coefficient (Wildman–Crippen LogP) is 4.88. The third-order valence-corrected chi connectivity index (χ3v) is 5.80. The van der Waals surface area contributed by atoms with Gasteiger partial charge in [0.2, 0.25) is 0 Å². The first-order valence-electron chi connectivity index (χ1n) is 8.83. The molecule has 0 spiro atoms. The Morgan fingerprint density at radius 1 is 1.00 bits per heavy atom. The van der Waals surface area contributed by atoms with Gasteiger partial charge in [0, 0.05) is 24.8 Å². The average Bonchev–Trinajstić information content (AvgIpc) is 3.17. The molecule has 0 bridgehead atoms. The summed E-state index contributed by atoms with van der Waals surface area (Å²) in [5.74, 6) is 0. The summed E-state index contributed by atoms with van der Waals surface area (Å²) < 4.78 is 1.18. The highest BCUT2D eigenvalue weighted by atomic mass is 35.5. The van der Waals surface area contributed by atoms with Gasteiger partial charge in [0.05, 0.1) is 27.6 Å². The van der Waals surface area contributed by atoms with Crippen LogP contribution < -0.4 is 15.8 Å². The van der Waals surface area contributed by atoms with Gasteiger partial charge < -0.3 is 10.2 Å². The van der Waals surface area contributed by atoms with Crippen molar-refractivity contribution in [3.8, 4) is 5.69 Å². The maximum atomic E-state index is 12.3. The summed E-state index contributed by atoms with van der Waals surface area (Å²) >= 11 is 18.2. The summed E-state index contributed by atoms with van der Waals surface area (Å²) in [6.07, 6.45) is 2.35. The van der Waals surface area contributed by atoms with Crippen molar-refractivity contribution in [1.29, 1.82) is 0 Å². The van der Waals surface area contributed by atoms with Crippen LogP contribution in [0.25, 0.3) is 5.69 Å². The molecule has 0 aliphatic carbocycles. The van der Waals surface area contributed by atoms with E-state index in [1.807, 2.05) is 24.3 Å². The highest BCUT2D eigenvalue weighted by Crippen LogP contribution is 2.28. The minimum Gasteiger partial charge on any atom is -0.379 e. The van der Waals surface area contributed by atoms with Gasteiger partial charge in [-0.1, -0.05) is 53.0 Å². The van der Waals surface area contributed by atoms with Crippen LogP contribution in [0.15, 0.2) is 59.5 Å². The van der Waals surface area contributed by atoms with E-state index in [9.17, 15) is 4.79 Å². The number of anilines is 2. The first-order chi connectivity index (χ1) is 13.5. The van der Waals surface area contributed by atoms with Crippen molar-refractivity contribution in [1.82, 2.24) is 9.78 Å². The lowest BCUT2D eigenvalue weighted by Crippen LogP contribution is -2.26. The number of benzene rings is 2. The van der Waals surface area contributed by atoms with Crippen LogP contribution in [0.4, 0.5) is 11.4 Å². The highest BCUT2D eigenvalue weighted by Gasteiger charge is 2.23. The second kappa shape index (κ2) is 8.03. The molecule has 1 unspecified atom stereocenters. The Kier molecular flexibility index (Phi) is 5.49. The van der Waals surface area contributed by atoms with E-state index in [1.165, 1.54) is 16.6 Å². The standard InChI is InChI=1S/C20H17Cl3N4O/c21-16-10-15(27-20(28)19(23)17(22)11-24-27)6-7-18(16)25-13-8-9-26(12-13)14-4-2-1-3-5-14/h1-7,10-11,13,25H,8-9,12H2. The molecule has 1 aromatic heterocycles. The number of aromatic nitrogens is 2. The van der Waals surface area contributed by atoms with Crippen LogP contribution in [0, 0.1) is 0 Å². The van der Waals surface area contributed by atoms with Crippen molar-refractivity contribution in [3.05, 3.63) is 80.1 Å². The number of hydrogen-bond donors (Lipinski definition) is 1. The van der Waals surface area contributed by atoms with Gasteiger partial charge in [-0.3, -0.25) is 4.79 Å². The first-order valence-corrected chi connectivity index (χ1v) is 9.96. The smallest absolute Gasteiger partial charge is 0.291 e. The fourth-order valence-electron chi connectivity index (χ4n) is 3.32. The molecule has 1 aliphatic rings. The molecule has 8 heteroatoms. The normalized spacial score (nSPS) is 16.4. The predicted molar refractivity (Wildman–Crippen MR) is 116 cm³/mol. The Bertz CT molecular complexity index is 1060. The van der Waals surface area contributed by atoms with Crippen LogP contribution in [0.2, 0.25) is 15.1 Å². The lowest BCUT2D eigenvalue weighted by molar-refractivity contribution is 0.801. The molecule has 5 nitrogen and oxygen atoms in total. The van der Waals surface area contributed by atoms with Gasteiger partial charge in [-0.2, -0.15) is 9.78 Å². The monoisotopic (exact) mass is 434 g/mol. The van der Waals surface area contributed by atoms with Crippen LogP contribution in [-0.4, -0.2) is 28.9 Å². The zero-order chi connectivity index (χ0) is 19.7. The fraction of sp³-hybridized carbons (Fsp3) is 0.200. The van der Waals surface area contributed by atoms with Crippen LogP contribution in [0.3, 0.4) is 0 Å². The Balaban J connectivity index is 1.50. The van der Waals surface area contributed by atoms with Crippen molar-refractivity contribution in [2.75, 3.05) is 23.3 Å². The molecular weight excluding hydrogens is 419 g/mol. The van der Waals surface area contributed by atoms with Gasteiger partial charge in [-0.05, 0) is 36.8 Å². The van der Waals surface area contributed by atoms with Crippen molar-refractivity contribution in [3.63, 3.8) is 0 Å². The molecule has 4 rings (SSSR count). The number of rotatable bonds is 4. The molecule has 144 valence electrons. The van der Waals surface area contributed by atoms with Gasteiger partial charge in [0.15, 0.2) is 0 Å². The molecule has 2 heterocycles. The molecule has 0 saturated carbocycles. The second-order valence-corrected chi connectivity index (χ2v) is 7.79. The number of halogens is 3. The molecule has 0 radical (unpaired) electrons. The van der Waals surface area contributed by atoms with Crippen molar-refractivity contribution in [2.45, 2.75) is 12.5 Å². The van der Waals surface area contributed by atoms with E-state index >= 15 is 0 Å². The third kappa shape index (κ3) is 3.83. The highest BCUT2D eigenvalue weighted by molar-refractivity contribution is 6.41. The maximum absolute atomic E-state index is 12.3. The quantitative estimate of drug-likeness (QED) is 0.634. The molecule has 1 N–H and O–H groups in total. The molecule has 3 aromatic rings. The maximum Gasteiger partial charge on any atom is 0.291 e. The molecular formula is C20H17Cl3N4O. The average molecular weight is 436 g/mol. The number of nitrogens with zero attached hydrogens (tertiary/aromatic N) is 3. The lowest BCUT2D eigenvalue weighted by atomic mass is 10.2. The van der Waals surface area contributed by atoms with Crippen molar-refractivity contribution < 1.29 is 0 Å². The summed E-state index contributed by atoms with van der Waals surface area (Å²) in [5, 5.41) is 8.09.